The summed E-state index contributed by atoms with van der Waals surface area (Å²) in [5.74, 6) is -1.52. The summed E-state index contributed by atoms with van der Waals surface area (Å²) in [5, 5.41) is 4.10. The molecule has 0 radical (unpaired) electrons. The van der Waals surface area contributed by atoms with Crippen LogP contribution >= 0.6 is 0 Å². The van der Waals surface area contributed by atoms with Crippen LogP contribution in [0.25, 0.3) is 5.65 Å². The van der Waals surface area contributed by atoms with Gasteiger partial charge in [0.2, 0.25) is 10.0 Å². The number of aromatic nitrogens is 3. The van der Waals surface area contributed by atoms with Crippen molar-refractivity contribution in [1.29, 1.82) is 0 Å². The molecule has 0 N–H and O–H groups in total. The van der Waals surface area contributed by atoms with Crippen molar-refractivity contribution in [3.8, 4) is 0 Å². The van der Waals surface area contributed by atoms with Crippen molar-refractivity contribution < 1.29 is 21.9 Å². The molecule has 3 aromatic rings. The Balaban J connectivity index is 1.71. The Kier molecular flexibility index (Phi) is 4.73. The van der Waals surface area contributed by atoms with Gasteiger partial charge in [0, 0.05) is 25.4 Å². The lowest BCUT2D eigenvalue weighted by atomic mass is 10.2. The van der Waals surface area contributed by atoms with Gasteiger partial charge in [0.15, 0.2) is 5.65 Å². The summed E-state index contributed by atoms with van der Waals surface area (Å²) in [4.78, 5) is 12.6. The van der Waals surface area contributed by atoms with E-state index in [0.29, 0.717) is 13.2 Å². The first kappa shape index (κ1) is 18.7. The van der Waals surface area contributed by atoms with Crippen LogP contribution in [0.1, 0.15) is 5.56 Å². The zero-order chi connectivity index (χ0) is 19.9. The number of ether oxygens (including phenoxy) is 1. The number of hydrogen-bond acceptors (Lipinski definition) is 5. The molecule has 1 fully saturated rings. The molecule has 0 aliphatic carbocycles. The highest BCUT2D eigenvalue weighted by molar-refractivity contribution is 7.89. The molecule has 0 unspecified atom stereocenters. The normalized spacial score (nSPS) is 15.9. The molecule has 1 aliphatic heterocycles. The fourth-order valence-electron chi connectivity index (χ4n) is 3.07. The Bertz CT molecular complexity index is 1180. The molecule has 28 heavy (non-hydrogen) atoms. The minimum atomic E-state index is -3.77. The van der Waals surface area contributed by atoms with Gasteiger partial charge in [-0.1, -0.05) is 0 Å². The summed E-state index contributed by atoms with van der Waals surface area (Å²) in [6, 6.07) is 5.73. The van der Waals surface area contributed by atoms with Crippen LogP contribution in [-0.2, 0) is 21.3 Å². The van der Waals surface area contributed by atoms with E-state index in [1.54, 1.807) is 0 Å². The molecule has 1 aromatic carbocycles. The molecule has 1 aliphatic rings. The second-order valence-electron chi connectivity index (χ2n) is 6.33. The maximum Gasteiger partial charge on any atom is 0.350 e. The minimum Gasteiger partial charge on any atom is -0.379 e. The van der Waals surface area contributed by atoms with E-state index in [9.17, 15) is 22.0 Å². The fourth-order valence-corrected chi connectivity index (χ4v) is 4.47. The lowest BCUT2D eigenvalue weighted by molar-refractivity contribution is 0.0730. The summed E-state index contributed by atoms with van der Waals surface area (Å²) in [5.41, 5.74) is -0.161. The van der Waals surface area contributed by atoms with Crippen LogP contribution in [0.4, 0.5) is 8.78 Å². The minimum absolute atomic E-state index is 0.0413. The van der Waals surface area contributed by atoms with E-state index in [0.717, 1.165) is 27.3 Å². The highest BCUT2D eigenvalue weighted by Crippen LogP contribution is 2.17. The van der Waals surface area contributed by atoms with Crippen molar-refractivity contribution in [1.82, 2.24) is 18.5 Å². The van der Waals surface area contributed by atoms with E-state index in [1.807, 2.05) is 0 Å². The fraction of sp³-hybridized carbons (Fsp3) is 0.294. The third kappa shape index (κ3) is 3.43. The number of benzene rings is 1. The van der Waals surface area contributed by atoms with Crippen LogP contribution in [0.2, 0.25) is 0 Å². The highest BCUT2D eigenvalue weighted by Gasteiger charge is 2.27. The van der Waals surface area contributed by atoms with E-state index in [2.05, 4.69) is 5.10 Å². The first-order chi connectivity index (χ1) is 13.3. The number of nitrogens with zero attached hydrogens (tertiary/aromatic N) is 4. The van der Waals surface area contributed by atoms with Gasteiger partial charge >= 0.3 is 5.69 Å². The summed E-state index contributed by atoms with van der Waals surface area (Å²) in [6.07, 6.45) is 1.21. The predicted molar refractivity (Wildman–Crippen MR) is 94.5 cm³/mol. The Morgan fingerprint density at radius 3 is 2.43 bits per heavy atom. The molecule has 0 amide bonds. The Morgan fingerprint density at radius 1 is 1.07 bits per heavy atom. The SMILES string of the molecule is O=c1n(Cc2cc(F)cc(F)c2)nc2ccc(S(=O)(=O)N3CCOCC3)cn12. The van der Waals surface area contributed by atoms with Crippen molar-refractivity contribution in [2.75, 3.05) is 26.3 Å². The van der Waals surface area contributed by atoms with Crippen LogP contribution in [-0.4, -0.2) is 53.2 Å². The molecular formula is C17H16F2N4O4S. The summed E-state index contributed by atoms with van der Waals surface area (Å²) in [7, 11) is -3.77. The molecule has 1 saturated heterocycles. The average molecular weight is 410 g/mol. The molecule has 0 bridgehead atoms. The molecule has 11 heteroatoms. The number of pyridine rings is 1. The van der Waals surface area contributed by atoms with Gasteiger partial charge in [-0.15, -0.1) is 5.10 Å². The van der Waals surface area contributed by atoms with E-state index in [1.165, 1.54) is 22.6 Å². The monoisotopic (exact) mass is 410 g/mol. The Morgan fingerprint density at radius 2 is 1.75 bits per heavy atom. The largest absolute Gasteiger partial charge is 0.379 e. The van der Waals surface area contributed by atoms with Crippen LogP contribution in [0, 0.1) is 11.6 Å². The van der Waals surface area contributed by atoms with Crippen LogP contribution in [0.5, 0.6) is 0 Å². The molecule has 3 heterocycles. The second-order valence-corrected chi connectivity index (χ2v) is 8.27. The van der Waals surface area contributed by atoms with Crippen molar-refractivity contribution >= 4 is 15.7 Å². The quantitative estimate of drug-likeness (QED) is 0.637. The van der Waals surface area contributed by atoms with E-state index in [4.69, 9.17) is 4.74 Å². The first-order valence-electron chi connectivity index (χ1n) is 8.47. The topological polar surface area (TPSA) is 85.9 Å². The third-order valence-corrected chi connectivity index (χ3v) is 6.29. The number of hydrogen-bond donors (Lipinski definition) is 0. The van der Waals surface area contributed by atoms with Gasteiger partial charge in [-0.25, -0.2) is 31.1 Å². The van der Waals surface area contributed by atoms with Crippen molar-refractivity contribution in [2.24, 2.45) is 0 Å². The Hall–Kier alpha value is -2.63. The van der Waals surface area contributed by atoms with Gasteiger partial charge in [0.05, 0.1) is 24.7 Å². The number of halogens is 2. The van der Waals surface area contributed by atoms with Crippen molar-refractivity contribution in [3.63, 3.8) is 0 Å². The first-order valence-corrected chi connectivity index (χ1v) is 9.91. The van der Waals surface area contributed by atoms with Gasteiger partial charge in [0.25, 0.3) is 0 Å². The van der Waals surface area contributed by atoms with Crippen LogP contribution in [0.3, 0.4) is 0 Å². The lowest BCUT2D eigenvalue weighted by Crippen LogP contribution is -2.40. The number of sulfonamides is 1. The summed E-state index contributed by atoms with van der Waals surface area (Å²) >= 11 is 0. The zero-order valence-corrected chi connectivity index (χ0v) is 15.4. The van der Waals surface area contributed by atoms with Gasteiger partial charge in [0.1, 0.15) is 11.6 Å². The summed E-state index contributed by atoms with van der Waals surface area (Å²) in [6.45, 7) is 0.938. The molecule has 0 atom stereocenters. The third-order valence-electron chi connectivity index (χ3n) is 4.41. The van der Waals surface area contributed by atoms with Gasteiger partial charge < -0.3 is 4.74 Å². The second kappa shape index (κ2) is 7.08. The summed E-state index contributed by atoms with van der Waals surface area (Å²) < 4.78 is 60.8. The van der Waals surface area contributed by atoms with Crippen LogP contribution < -0.4 is 5.69 Å². The molecule has 4 rings (SSSR count). The van der Waals surface area contributed by atoms with Gasteiger partial charge in [-0.05, 0) is 29.8 Å². The predicted octanol–water partition coefficient (Wildman–Crippen LogP) is 0.843. The number of morpholine rings is 1. The van der Waals surface area contributed by atoms with Crippen molar-refractivity contribution in [2.45, 2.75) is 11.4 Å². The van der Waals surface area contributed by atoms with Gasteiger partial charge in [-0.2, -0.15) is 4.31 Å². The van der Waals surface area contributed by atoms with E-state index >= 15 is 0 Å². The highest BCUT2D eigenvalue weighted by atomic mass is 32.2. The van der Waals surface area contributed by atoms with Crippen LogP contribution in [0.15, 0.2) is 46.2 Å². The van der Waals surface area contributed by atoms with Gasteiger partial charge in [-0.3, -0.25) is 0 Å². The Labute approximate surface area is 158 Å². The molecule has 148 valence electrons. The smallest absolute Gasteiger partial charge is 0.350 e. The zero-order valence-electron chi connectivity index (χ0n) is 14.6. The molecule has 8 nitrogen and oxygen atoms in total. The van der Waals surface area contributed by atoms with Crippen molar-refractivity contribution in [3.05, 3.63) is 64.2 Å². The standard InChI is InChI=1S/C17H16F2N4O4S/c18-13-7-12(8-14(19)9-13)10-23-17(24)22-11-15(1-2-16(22)20-23)28(25,26)21-3-5-27-6-4-21/h1-2,7-9,11H,3-6,10H2. The van der Waals surface area contributed by atoms with E-state index in [-0.39, 0.29) is 35.7 Å². The molecule has 2 aromatic heterocycles. The lowest BCUT2D eigenvalue weighted by Gasteiger charge is -2.25. The maximum atomic E-state index is 13.4. The molecule has 0 saturated carbocycles. The molecular weight excluding hydrogens is 394 g/mol. The number of fused-ring (bicyclic) bond motifs is 1. The maximum absolute atomic E-state index is 13.4. The number of rotatable bonds is 4. The average Bonchev–Trinajstić information content (AvgIpc) is 2.97. The molecule has 0 spiro atoms. The van der Waals surface area contributed by atoms with E-state index < -0.39 is 27.3 Å².